The zero-order valence-corrected chi connectivity index (χ0v) is 8.95. The molecule has 0 bridgehead atoms. The number of aromatic amines is 1. The number of rotatable bonds is 3. The van der Waals surface area contributed by atoms with Gasteiger partial charge in [-0.05, 0) is 24.1 Å². The lowest BCUT2D eigenvalue weighted by molar-refractivity contribution is 0.416. The van der Waals surface area contributed by atoms with Gasteiger partial charge in [0.25, 0.3) is 0 Å². The van der Waals surface area contributed by atoms with E-state index in [4.69, 9.17) is 4.74 Å². The number of benzene rings is 1. The van der Waals surface area contributed by atoms with Crippen LogP contribution in [0, 0.1) is 0 Å². The van der Waals surface area contributed by atoms with E-state index in [-0.39, 0.29) is 0 Å². The van der Waals surface area contributed by atoms with Crippen molar-refractivity contribution >= 4 is 0 Å². The van der Waals surface area contributed by atoms with Gasteiger partial charge >= 0.3 is 0 Å². The maximum atomic E-state index is 5.33. The Labute approximate surface area is 89.1 Å². The van der Waals surface area contributed by atoms with Crippen LogP contribution in [0.3, 0.4) is 0 Å². The first kappa shape index (κ1) is 9.77. The van der Waals surface area contributed by atoms with Crippen LogP contribution in [-0.4, -0.2) is 17.3 Å². The van der Waals surface area contributed by atoms with Gasteiger partial charge in [0, 0.05) is 17.3 Å². The zero-order chi connectivity index (χ0) is 10.7. The van der Waals surface area contributed by atoms with Gasteiger partial charge in [-0.3, -0.25) is 5.10 Å². The summed E-state index contributed by atoms with van der Waals surface area (Å²) in [7, 11) is 1.69. The molecule has 78 valence electrons. The number of aromatic nitrogens is 2. The van der Waals surface area contributed by atoms with Gasteiger partial charge in [0.1, 0.15) is 5.75 Å². The number of nitrogens with zero attached hydrogens (tertiary/aromatic N) is 1. The second-order valence-corrected chi connectivity index (χ2v) is 3.38. The molecule has 0 aliphatic heterocycles. The van der Waals surface area contributed by atoms with Crippen LogP contribution in [0.4, 0.5) is 0 Å². The van der Waals surface area contributed by atoms with E-state index in [0.717, 1.165) is 23.3 Å². The fraction of sp³-hybridized carbons (Fsp3) is 0.250. The summed E-state index contributed by atoms with van der Waals surface area (Å²) in [6, 6.07) is 6.23. The molecule has 0 aliphatic carbocycles. The van der Waals surface area contributed by atoms with Crippen molar-refractivity contribution in [1.82, 2.24) is 10.2 Å². The minimum absolute atomic E-state index is 0.883. The topological polar surface area (TPSA) is 37.9 Å². The monoisotopic (exact) mass is 202 g/mol. The van der Waals surface area contributed by atoms with Gasteiger partial charge in [-0.15, -0.1) is 0 Å². The van der Waals surface area contributed by atoms with E-state index in [0.29, 0.717) is 0 Å². The fourth-order valence-electron chi connectivity index (χ4n) is 1.60. The first-order chi connectivity index (χ1) is 7.35. The highest BCUT2D eigenvalue weighted by molar-refractivity contribution is 5.70. The highest BCUT2D eigenvalue weighted by Crippen LogP contribution is 2.30. The molecular formula is C12H14N2O. The molecule has 0 fully saturated rings. The minimum atomic E-state index is 0.883. The van der Waals surface area contributed by atoms with E-state index in [1.165, 1.54) is 5.56 Å². The first-order valence-electron chi connectivity index (χ1n) is 5.01. The number of hydrogen-bond donors (Lipinski definition) is 1. The van der Waals surface area contributed by atoms with Crippen LogP contribution in [-0.2, 0) is 6.42 Å². The Hall–Kier alpha value is -1.77. The fourth-order valence-corrected chi connectivity index (χ4v) is 1.60. The number of ether oxygens (including phenoxy) is 1. The van der Waals surface area contributed by atoms with E-state index in [1.807, 2.05) is 12.3 Å². The number of aryl methyl sites for hydroxylation is 1. The van der Waals surface area contributed by atoms with Crippen LogP contribution in [0.15, 0.2) is 30.6 Å². The van der Waals surface area contributed by atoms with Gasteiger partial charge in [-0.1, -0.05) is 13.0 Å². The highest BCUT2D eigenvalue weighted by atomic mass is 16.5. The van der Waals surface area contributed by atoms with Gasteiger partial charge in [0.15, 0.2) is 0 Å². The van der Waals surface area contributed by atoms with Crippen molar-refractivity contribution in [2.75, 3.05) is 7.11 Å². The van der Waals surface area contributed by atoms with Crippen molar-refractivity contribution in [1.29, 1.82) is 0 Å². The number of nitrogens with one attached hydrogen (secondary N) is 1. The molecule has 2 aromatic rings. The van der Waals surface area contributed by atoms with Crippen molar-refractivity contribution in [3.05, 3.63) is 36.2 Å². The Balaban J connectivity index is 2.52. The Kier molecular flexibility index (Phi) is 2.72. The third-order valence-corrected chi connectivity index (χ3v) is 2.48. The molecular weight excluding hydrogens is 188 g/mol. The summed E-state index contributed by atoms with van der Waals surface area (Å²) < 4.78 is 5.33. The van der Waals surface area contributed by atoms with E-state index in [9.17, 15) is 0 Å². The zero-order valence-electron chi connectivity index (χ0n) is 8.95. The second kappa shape index (κ2) is 4.17. The van der Waals surface area contributed by atoms with E-state index >= 15 is 0 Å². The molecule has 1 aromatic carbocycles. The predicted molar refractivity (Wildman–Crippen MR) is 60.0 cm³/mol. The number of hydrogen-bond acceptors (Lipinski definition) is 2. The molecule has 0 amide bonds. The van der Waals surface area contributed by atoms with Crippen LogP contribution in [0.25, 0.3) is 11.1 Å². The van der Waals surface area contributed by atoms with Gasteiger partial charge in [0.2, 0.25) is 0 Å². The van der Waals surface area contributed by atoms with Gasteiger partial charge in [0.05, 0.1) is 13.3 Å². The maximum absolute atomic E-state index is 5.33. The average molecular weight is 202 g/mol. The normalized spacial score (nSPS) is 10.3. The molecule has 15 heavy (non-hydrogen) atoms. The summed E-state index contributed by atoms with van der Waals surface area (Å²) in [5.41, 5.74) is 3.44. The lowest BCUT2D eigenvalue weighted by Crippen LogP contribution is -1.89. The van der Waals surface area contributed by atoms with Crippen molar-refractivity contribution in [2.45, 2.75) is 13.3 Å². The highest BCUT2D eigenvalue weighted by Gasteiger charge is 2.07. The van der Waals surface area contributed by atoms with Crippen molar-refractivity contribution in [3.8, 4) is 16.9 Å². The molecule has 0 aliphatic rings. The first-order valence-corrected chi connectivity index (χ1v) is 5.01. The Bertz CT molecular complexity index is 435. The van der Waals surface area contributed by atoms with Crippen LogP contribution in [0.2, 0.25) is 0 Å². The third-order valence-electron chi connectivity index (χ3n) is 2.48. The number of methoxy groups -OCH3 is 1. The average Bonchev–Trinajstić information content (AvgIpc) is 2.81. The van der Waals surface area contributed by atoms with Crippen LogP contribution in [0.1, 0.15) is 12.5 Å². The summed E-state index contributed by atoms with van der Waals surface area (Å²) in [5, 5.41) is 6.76. The van der Waals surface area contributed by atoms with Crippen LogP contribution in [0.5, 0.6) is 5.75 Å². The molecule has 0 unspecified atom stereocenters. The van der Waals surface area contributed by atoms with Crippen molar-refractivity contribution < 1.29 is 4.74 Å². The summed E-state index contributed by atoms with van der Waals surface area (Å²) in [6.45, 7) is 2.14. The molecule has 1 heterocycles. The molecule has 3 heteroatoms. The molecule has 1 N–H and O–H groups in total. The minimum Gasteiger partial charge on any atom is -0.496 e. The van der Waals surface area contributed by atoms with Crippen LogP contribution < -0.4 is 4.74 Å². The second-order valence-electron chi connectivity index (χ2n) is 3.38. The molecule has 0 spiro atoms. The third kappa shape index (κ3) is 1.86. The molecule has 0 saturated carbocycles. The molecule has 3 nitrogen and oxygen atoms in total. The van der Waals surface area contributed by atoms with E-state index in [2.05, 4.69) is 29.3 Å². The smallest absolute Gasteiger partial charge is 0.126 e. The standard InChI is InChI=1S/C12H14N2O/c1-3-9-4-5-12(15-2)11(6-9)10-7-13-14-8-10/h4-8H,3H2,1-2H3,(H,13,14). The van der Waals surface area contributed by atoms with E-state index < -0.39 is 0 Å². The maximum Gasteiger partial charge on any atom is 0.126 e. The van der Waals surface area contributed by atoms with Gasteiger partial charge < -0.3 is 4.74 Å². The summed E-state index contributed by atoms with van der Waals surface area (Å²) in [5.74, 6) is 0.883. The molecule has 0 atom stereocenters. The Morgan fingerprint density at radius 1 is 1.40 bits per heavy atom. The largest absolute Gasteiger partial charge is 0.496 e. The van der Waals surface area contributed by atoms with Gasteiger partial charge in [-0.2, -0.15) is 5.10 Å². The van der Waals surface area contributed by atoms with Crippen molar-refractivity contribution in [2.24, 2.45) is 0 Å². The molecule has 1 aromatic heterocycles. The van der Waals surface area contributed by atoms with E-state index in [1.54, 1.807) is 13.3 Å². The Morgan fingerprint density at radius 2 is 2.27 bits per heavy atom. The quantitative estimate of drug-likeness (QED) is 0.830. The van der Waals surface area contributed by atoms with Crippen molar-refractivity contribution in [3.63, 3.8) is 0 Å². The predicted octanol–water partition coefficient (Wildman–Crippen LogP) is 2.65. The molecule has 0 radical (unpaired) electrons. The summed E-state index contributed by atoms with van der Waals surface area (Å²) in [6.07, 6.45) is 4.70. The summed E-state index contributed by atoms with van der Waals surface area (Å²) >= 11 is 0. The number of H-pyrrole nitrogens is 1. The lowest BCUT2D eigenvalue weighted by Gasteiger charge is -2.08. The lowest BCUT2D eigenvalue weighted by atomic mass is 10.0. The Morgan fingerprint density at radius 3 is 2.87 bits per heavy atom. The summed E-state index contributed by atoms with van der Waals surface area (Å²) in [4.78, 5) is 0. The molecule has 0 saturated heterocycles. The van der Waals surface area contributed by atoms with Gasteiger partial charge in [-0.25, -0.2) is 0 Å². The SMILES string of the molecule is CCc1ccc(OC)c(-c2cn[nH]c2)c1. The van der Waals surface area contributed by atoms with Crippen LogP contribution >= 0.6 is 0 Å². The molecule has 2 rings (SSSR count).